The van der Waals surface area contributed by atoms with Crippen molar-refractivity contribution in [3.63, 3.8) is 0 Å². The monoisotopic (exact) mass is 440 g/mol. The molecule has 4 aromatic rings. The van der Waals surface area contributed by atoms with Crippen LogP contribution in [0.25, 0.3) is 23.0 Å². The molecule has 1 aliphatic heterocycles. The molecule has 0 bridgehead atoms. The number of nitrogens with zero attached hydrogens (tertiary/aromatic N) is 4. The summed E-state index contributed by atoms with van der Waals surface area (Å²) in [7, 11) is 0. The van der Waals surface area contributed by atoms with Crippen molar-refractivity contribution >= 4 is 15.9 Å². The molecule has 0 saturated heterocycles. The molecule has 1 atom stereocenters. The molecule has 0 radical (unpaired) electrons. The lowest BCUT2D eigenvalue weighted by molar-refractivity contribution is 0.00326. The van der Waals surface area contributed by atoms with Crippen molar-refractivity contribution in [2.45, 2.75) is 19.3 Å². The van der Waals surface area contributed by atoms with Crippen LogP contribution in [0.1, 0.15) is 17.4 Å². The van der Waals surface area contributed by atoms with Crippen molar-refractivity contribution < 1.29 is 13.7 Å². The van der Waals surface area contributed by atoms with Crippen LogP contribution in [0.5, 0.6) is 0 Å². The van der Waals surface area contributed by atoms with Gasteiger partial charge < -0.3 is 13.8 Å². The van der Waals surface area contributed by atoms with Gasteiger partial charge in [0.1, 0.15) is 11.9 Å². The van der Waals surface area contributed by atoms with Gasteiger partial charge in [0, 0.05) is 10.0 Å². The zero-order valence-corrected chi connectivity index (χ0v) is 16.1. The van der Waals surface area contributed by atoms with Gasteiger partial charge in [0.25, 0.3) is 5.89 Å². The van der Waals surface area contributed by atoms with Gasteiger partial charge in [-0.05, 0) is 29.8 Å². The van der Waals surface area contributed by atoms with E-state index in [1.807, 2.05) is 28.8 Å². The Hall–Kier alpha value is -2.84. The number of halogens is 2. The number of aromatic nitrogens is 4. The van der Waals surface area contributed by atoms with Gasteiger partial charge in [-0.15, -0.1) is 0 Å². The Bertz CT molecular complexity index is 1140. The Morgan fingerprint density at radius 3 is 2.82 bits per heavy atom. The van der Waals surface area contributed by atoms with E-state index in [1.165, 1.54) is 12.1 Å². The summed E-state index contributed by atoms with van der Waals surface area (Å²) < 4.78 is 27.5. The number of ether oxygens (including phenoxy) is 1. The topological polar surface area (TPSA) is 66.0 Å². The summed E-state index contributed by atoms with van der Waals surface area (Å²) in [6.07, 6.45) is 1.59. The maximum absolute atomic E-state index is 13.1. The first-order valence-electron chi connectivity index (χ1n) is 8.68. The molecule has 8 heteroatoms. The van der Waals surface area contributed by atoms with E-state index in [2.05, 4.69) is 31.1 Å². The first-order valence-corrected chi connectivity index (χ1v) is 9.48. The molecule has 0 amide bonds. The van der Waals surface area contributed by atoms with Crippen LogP contribution in [0, 0.1) is 5.82 Å². The van der Waals surface area contributed by atoms with Crippen molar-refractivity contribution in [3.05, 3.63) is 76.4 Å². The molecule has 0 fully saturated rings. The van der Waals surface area contributed by atoms with E-state index >= 15 is 0 Å². The Morgan fingerprint density at radius 1 is 1.14 bits per heavy atom. The van der Waals surface area contributed by atoms with E-state index in [1.54, 1.807) is 18.5 Å². The Labute approximate surface area is 168 Å². The minimum atomic E-state index is -0.261. The van der Waals surface area contributed by atoms with Gasteiger partial charge in [-0.1, -0.05) is 45.4 Å². The lowest BCUT2D eigenvalue weighted by Crippen LogP contribution is -2.20. The highest BCUT2D eigenvalue weighted by Gasteiger charge is 2.26. The average molecular weight is 441 g/mol. The molecule has 1 aliphatic rings. The third-order valence-corrected chi connectivity index (χ3v) is 5.18. The maximum atomic E-state index is 13.1. The van der Waals surface area contributed by atoms with E-state index in [0.717, 1.165) is 21.3 Å². The van der Waals surface area contributed by atoms with E-state index in [9.17, 15) is 4.39 Å². The fraction of sp³-hybridized carbons (Fsp3) is 0.150. The molecule has 3 heterocycles. The first kappa shape index (κ1) is 17.3. The van der Waals surface area contributed by atoms with Gasteiger partial charge in [0.15, 0.2) is 5.69 Å². The van der Waals surface area contributed by atoms with Gasteiger partial charge in [-0.3, -0.25) is 0 Å². The fourth-order valence-electron chi connectivity index (χ4n) is 3.25. The maximum Gasteiger partial charge on any atom is 0.278 e. The molecule has 0 spiro atoms. The first-order chi connectivity index (χ1) is 13.7. The molecular formula is C20H14BrFN4O2. The fourth-order valence-corrected chi connectivity index (χ4v) is 3.65. The summed E-state index contributed by atoms with van der Waals surface area (Å²) in [5, 5.41) is 4.07. The average Bonchev–Trinajstić information content (AvgIpc) is 3.35. The summed E-state index contributed by atoms with van der Waals surface area (Å²) >= 11 is 3.44. The standard InChI is InChI=1S/C20H14BrFN4O2/c21-14-3-1-2-13(8-14)19-24-20(28-25-19)18-16-10-27-17(9-26(16)11-23-18)12-4-6-15(22)7-5-12/h1-8,11,17H,9-10H2. The summed E-state index contributed by atoms with van der Waals surface area (Å²) in [4.78, 5) is 8.94. The summed E-state index contributed by atoms with van der Waals surface area (Å²) in [5.74, 6) is 0.592. The zero-order valence-electron chi connectivity index (χ0n) is 14.5. The second kappa shape index (κ2) is 6.96. The number of fused-ring (bicyclic) bond motifs is 1. The predicted octanol–water partition coefficient (Wildman–Crippen LogP) is 4.77. The summed E-state index contributed by atoms with van der Waals surface area (Å²) in [6, 6.07) is 14.1. The van der Waals surface area contributed by atoms with Crippen molar-refractivity contribution in [2.24, 2.45) is 0 Å². The van der Waals surface area contributed by atoms with E-state index in [0.29, 0.717) is 30.6 Å². The van der Waals surface area contributed by atoms with Gasteiger partial charge >= 0.3 is 0 Å². The number of imidazole rings is 1. The molecule has 140 valence electrons. The van der Waals surface area contributed by atoms with Gasteiger partial charge in [0.05, 0.1) is 25.2 Å². The quantitative estimate of drug-likeness (QED) is 0.458. The highest BCUT2D eigenvalue weighted by atomic mass is 79.9. The molecule has 0 N–H and O–H groups in total. The second-order valence-electron chi connectivity index (χ2n) is 6.48. The number of hydrogen-bond donors (Lipinski definition) is 0. The van der Waals surface area contributed by atoms with Gasteiger partial charge in [-0.2, -0.15) is 4.98 Å². The van der Waals surface area contributed by atoms with Gasteiger partial charge in [0.2, 0.25) is 5.82 Å². The highest BCUT2D eigenvalue weighted by molar-refractivity contribution is 9.10. The Morgan fingerprint density at radius 2 is 2.00 bits per heavy atom. The van der Waals surface area contributed by atoms with E-state index < -0.39 is 0 Å². The molecule has 2 aromatic carbocycles. The lowest BCUT2D eigenvalue weighted by Gasteiger charge is -2.25. The van der Waals surface area contributed by atoms with Crippen LogP contribution in [0.2, 0.25) is 0 Å². The van der Waals surface area contributed by atoms with Gasteiger partial charge in [-0.25, -0.2) is 9.37 Å². The third kappa shape index (κ3) is 3.14. The van der Waals surface area contributed by atoms with Crippen LogP contribution in [0.15, 0.2) is 63.9 Å². The SMILES string of the molecule is Fc1ccc(C2Cn3cnc(-c4nc(-c5cccc(Br)c5)no4)c3CO2)cc1. The van der Waals surface area contributed by atoms with E-state index in [-0.39, 0.29) is 11.9 Å². The van der Waals surface area contributed by atoms with Crippen LogP contribution in [-0.2, 0) is 17.9 Å². The van der Waals surface area contributed by atoms with Crippen molar-refractivity contribution in [3.8, 4) is 23.0 Å². The number of benzene rings is 2. The minimum absolute atomic E-state index is 0.157. The van der Waals surface area contributed by atoms with Crippen LogP contribution >= 0.6 is 15.9 Å². The molecule has 0 saturated carbocycles. The number of rotatable bonds is 3. The normalized spacial score (nSPS) is 16.1. The molecule has 5 rings (SSSR count). The predicted molar refractivity (Wildman–Crippen MR) is 103 cm³/mol. The number of hydrogen-bond acceptors (Lipinski definition) is 5. The molecular weight excluding hydrogens is 427 g/mol. The third-order valence-electron chi connectivity index (χ3n) is 4.68. The van der Waals surface area contributed by atoms with Crippen LogP contribution in [-0.4, -0.2) is 19.7 Å². The van der Waals surface area contributed by atoms with E-state index in [4.69, 9.17) is 9.26 Å². The van der Waals surface area contributed by atoms with Crippen LogP contribution < -0.4 is 0 Å². The largest absolute Gasteiger partial charge is 0.365 e. The highest BCUT2D eigenvalue weighted by Crippen LogP contribution is 2.32. The smallest absolute Gasteiger partial charge is 0.278 e. The van der Waals surface area contributed by atoms with Crippen molar-refractivity contribution in [2.75, 3.05) is 0 Å². The molecule has 28 heavy (non-hydrogen) atoms. The second-order valence-corrected chi connectivity index (χ2v) is 7.39. The molecule has 1 unspecified atom stereocenters. The summed E-state index contributed by atoms with van der Waals surface area (Å²) in [5.41, 5.74) is 3.27. The lowest BCUT2D eigenvalue weighted by atomic mass is 10.1. The Balaban J connectivity index is 1.42. The van der Waals surface area contributed by atoms with Crippen molar-refractivity contribution in [1.29, 1.82) is 0 Å². The van der Waals surface area contributed by atoms with Crippen molar-refractivity contribution in [1.82, 2.24) is 19.7 Å². The van der Waals surface area contributed by atoms with Crippen LogP contribution in [0.3, 0.4) is 0 Å². The summed E-state index contributed by atoms with van der Waals surface area (Å²) in [6.45, 7) is 0.937. The molecule has 6 nitrogen and oxygen atoms in total. The zero-order chi connectivity index (χ0) is 19.1. The molecule has 0 aliphatic carbocycles. The Kier molecular flexibility index (Phi) is 4.29. The molecule has 2 aromatic heterocycles. The minimum Gasteiger partial charge on any atom is -0.365 e. The van der Waals surface area contributed by atoms with Crippen LogP contribution in [0.4, 0.5) is 4.39 Å².